The van der Waals surface area contributed by atoms with E-state index in [1.807, 2.05) is 0 Å². The first kappa shape index (κ1) is 16.2. The fourth-order valence-electron chi connectivity index (χ4n) is 1.58. The summed E-state index contributed by atoms with van der Waals surface area (Å²) in [7, 11) is 2.21. The molecule has 1 fully saturated rings. The Bertz CT molecular complexity index is 418. The number of carbonyl (C=O) groups is 4. The Morgan fingerprint density at radius 2 is 1.55 bits per heavy atom. The van der Waals surface area contributed by atoms with Gasteiger partial charge in [0.2, 0.25) is 5.54 Å². The maximum absolute atomic E-state index is 11.9. The average molecular weight is 289 g/mol. The molecule has 0 spiro atoms. The van der Waals surface area contributed by atoms with Crippen LogP contribution in [0, 0.1) is 0 Å². The van der Waals surface area contributed by atoms with Gasteiger partial charge in [-0.2, -0.15) is 0 Å². The molecule has 1 aliphatic heterocycles. The maximum Gasteiger partial charge on any atom is 0.341 e. The van der Waals surface area contributed by atoms with Crippen molar-refractivity contribution < 1.29 is 38.1 Å². The van der Waals surface area contributed by atoms with Gasteiger partial charge in [0.1, 0.15) is 5.78 Å². The summed E-state index contributed by atoms with van der Waals surface area (Å²) in [5, 5.41) is 0. The molecule has 0 saturated carbocycles. The average Bonchev–Trinajstić information content (AvgIpc) is 2.38. The zero-order chi connectivity index (χ0) is 15.5. The highest BCUT2D eigenvalue weighted by Crippen LogP contribution is 2.20. The predicted molar refractivity (Wildman–Crippen MR) is 61.0 cm³/mol. The predicted octanol–water partition coefficient (Wildman–Crippen LogP) is -1.72. The number of rotatable bonds is 4. The Kier molecular flexibility index (Phi) is 4.93. The largest absolute Gasteiger partial charge is 0.426 e. The van der Waals surface area contributed by atoms with Gasteiger partial charge in [0.25, 0.3) is 18.4 Å². The number of cyclic esters (lactones) is 2. The van der Waals surface area contributed by atoms with E-state index >= 15 is 0 Å². The fraction of sp³-hybridized carbons (Fsp3) is 0.636. The second kappa shape index (κ2) is 6.07. The number of hydrogen-bond donors (Lipinski definition) is 1. The van der Waals surface area contributed by atoms with Crippen molar-refractivity contribution >= 4 is 23.5 Å². The lowest BCUT2D eigenvalue weighted by atomic mass is 9.94. The van der Waals surface area contributed by atoms with Gasteiger partial charge < -0.3 is 24.7 Å². The summed E-state index contributed by atoms with van der Waals surface area (Å²) < 4.78 is 18.7. The van der Waals surface area contributed by atoms with E-state index in [0.29, 0.717) is 0 Å². The zero-order valence-electron chi connectivity index (χ0n) is 11.2. The minimum absolute atomic E-state index is 0.531. The highest BCUT2D eigenvalue weighted by Gasteiger charge is 2.52. The second-order valence-corrected chi connectivity index (χ2v) is 4.20. The van der Waals surface area contributed by atoms with E-state index in [2.05, 4.69) is 9.47 Å². The van der Waals surface area contributed by atoms with Gasteiger partial charge in [-0.1, -0.05) is 0 Å². The molecule has 0 aromatic carbocycles. The number of Topliss-reactive ketones (excluding diaryl/α,β-unsaturated/α-hetero) is 2. The molecule has 9 heteroatoms. The maximum atomic E-state index is 11.9. The van der Waals surface area contributed by atoms with Crippen LogP contribution in [0.25, 0.3) is 0 Å². The SMILES string of the molecule is COC1OC(=O)C(N)(CC(C)=O)C(=O)OC(OC)C1=O. The molecule has 0 bridgehead atoms. The third kappa shape index (κ3) is 3.00. The molecule has 0 aliphatic carbocycles. The van der Waals surface area contributed by atoms with Crippen molar-refractivity contribution in [2.24, 2.45) is 5.73 Å². The van der Waals surface area contributed by atoms with Crippen molar-refractivity contribution in [3.8, 4) is 0 Å². The zero-order valence-corrected chi connectivity index (χ0v) is 11.2. The first-order valence-electron chi connectivity index (χ1n) is 5.56. The van der Waals surface area contributed by atoms with Crippen molar-refractivity contribution in [3.05, 3.63) is 0 Å². The van der Waals surface area contributed by atoms with Crippen LogP contribution < -0.4 is 5.73 Å². The molecule has 20 heavy (non-hydrogen) atoms. The van der Waals surface area contributed by atoms with E-state index in [4.69, 9.17) is 15.2 Å². The molecule has 1 saturated heterocycles. The second-order valence-electron chi connectivity index (χ2n) is 4.20. The van der Waals surface area contributed by atoms with E-state index in [-0.39, 0.29) is 0 Å². The van der Waals surface area contributed by atoms with Crippen LogP contribution in [0.4, 0.5) is 0 Å². The molecule has 9 nitrogen and oxygen atoms in total. The number of ketones is 2. The first-order valence-corrected chi connectivity index (χ1v) is 5.56. The molecule has 1 rings (SSSR count). The smallest absolute Gasteiger partial charge is 0.341 e. The third-order valence-electron chi connectivity index (χ3n) is 2.58. The minimum Gasteiger partial charge on any atom is -0.426 e. The summed E-state index contributed by atoms with van der Waals surface area (Å²) in [6, 6.07) is 0. The van der Waals surface area contributed by atoms with E-state index in [9.17, 15) is 19.2 Å². The molecule has 0 aromatic heterocycles. The normalized spacial score (nSPS) is 31.1. The molecule has 0 aromatic rings. The fourth-order valence-corrected chi connectivity index (χ4v) is 1.58. The molecular weight excluding hydrogens is 274 g/mol. The third-order valence-corrected chi connectivity index (χ3v) is 2.58. The quantitative estimate of drug-likeness (QED) is 0.474. The number of carbonyl (C=O) groups excluding carboxylic acids is 4. The van der Waals surface area contributed by atoms with E-state index in [0.717, 1.165) is 21.1 Å². The Morgan fingerprint density at radius 3 is 1.85 bits per heavy atom. The molecule has 112 valence electrons. The van der Waals surface area contributed by atoms with E-state index < -0.39 is 48.0 Å². The van der Waals surface area contributed by atoms with Gasteiger partial charge in [-0.25, -0.2) is 9.59 Å². The van der Waals surface area contributed by atoms with Gasteiger partial charge in [0.15, 0.2) is 0 Å². The van der Waals surface area contributed by atoms with Crippen molar-refractivity contribution in [2.45, 2.75) is 31.5 Å². The molecule has 2 unspecified atom stereocenters. The monoisotopic (exact) mass is 289 g/mol. The van der Waals surface area contributed by atoms with Crippen LogP contribution in [0.2, 0.25) is 0 Å². The molecule has 0 radical (unpaired) electrons. The van der Waals surface area contributed by atoms with Crippen LogP contribution >= 0.6 is 0 Å². The highest BCUT2D eigenvalue weighted by atomic mass is 16.7. The Balaban J connectivity index is 3.16. The van der Waals surface area contributed by atoms with Crippen molar-refractivity contribution in [1.29, 1.82) is 0 Å². The number of ether oxygens (including phenoxy) is 4. The summed E-state index contributed by atoms with van der Waals surface area (Å²) in [4.78, 5) is 46.7. The summed E-state index contributed by atoms with van der Waals surface area (Å²) in [6.07, 6.45) is -3.92. The van der Waals surface area contributed by atoms with E-state index in [1.165, 1.54) is 0 Å². The van der Waals surface area contributed by atoms with Gasteiger partial charge >= 0.3 is 11.9 Å². The molecule has 2 atom stereocenters. The van der Waals surface area contributed by atoms with Crippen LogP contribution in [0.5, 0.6) is 0 Å². The lowest BCUT2D eigenvalue weighted by Gasteiger charge is -2.31. The van der Waals surface area contributed by atoms with Crippen molar-refractivity contribution in [2.75, 3.05) is 14.2 Å². The van der Waals surface area contributed by atoms with Gasteiger partial charge in [-0.3, -0.25) is 9.59 Å². The van der Waals surface area contributed by atoms with Gasteiger partial charge in [0.05, 0.1) is 0 Å². The van der Waals surface area contributed by atoms with E-state index in [1.54, 1.807) is 0 Å². The number of methoxy groups -OCH3 is 2. The van der Waals surface area contributed by atoms with Crippen LogP contribution in [-0.2, 0) is 38.1 Å². The van der Waals surface area contributed by atoms with Gasteiger partial charge in [0, 0.05) is 20.6 Å². The lowest BCUT2D eigenvalue weighted by Crippen LogP contribution is -2.62. The summed E-state index contributed by atoms with van der Waals surface area (Å²) in [5.74, 6) is -4.02. The van der Waals surface area contributed by atoms with Crippen LogP contribution in [0.15, 0.2) is 0 Å². The highest BCUT2D eigenvalue weighted by molar-refractivity contribution is 6.10. The summed E-state index contributed by atoms with van der Waals surface area (Å²) in [6.45, 7) is 1.14. The summed E-state index contributed by atoms with van der Waals surface area (Å²) in [5.41, 5.74) is 3.26. The Hall–Kier alpha value is -1.84. The standard InChI is InChI=1S/C11H15NO8/c1-5(13)4-11(12)9(15)19-7(17-2)6(14)8(18-3)20-10(11)16/h7-8H,4,12H2,1-3H3. The molecule has 0 amide bonds. The molecule has 1 aliphatic rings. The number of nitrogens with two attached hydrogens (primary N) is 1. The van der Waals surface area contributed by atoms with Crippen molar-refractivity contribution in [1.82, 2.24) is 0 Å². The first-order chi connectivity index (χ1) is 9.26. The Morgan fingerprint density at radius 1 is 1.15 bits per heavy atom. The summed E-state index contributed by atoms with van der Waals surface area (Å²) >= 11 is 0. The van der Waals surface area contributed by atoms with Gasteiger partial charge in [-0.05, 0) is 6.92 Å². The topological polar surface area (TPSA) is 131 Å². The Labute approximate surface area is 114 Å². The lowest BCUT2D eigenvalue weighted by molar-refractivity contribution is -0.219. The van der Waals surface area contributed by atoms with Crippen LogP contribution in [0.3, 0.4) is 0 Å². The van der Waals surface area contributed by atoms with Crippen LogP contribution in [-0.4, -0.2) is 55.8 Å². The minimum atomic E-state index is -2.35. The van der Waals surface area contributed by atoms with Gasteiger partial charge in [-0.15, -0.1) is 0 Å². The van der Waals surface area contributed by atoms with Crippen molar-refractivity contribution in [3.63, 3.8) is 0 Å². The number of hydrogen-bond acceptors (Lipinski definition) is 9. The molecular formula is C11H15NO8. The molecule has 2 N–H and O–H groups in total. The van der Waals surface area contributed by atoms with Crippen LogP contribution in [0.1, 0.15) is 13.3 Å². The number of esters is 2. The molecule has 1 heterocycles.